The Morgan fingerprint density at radius 1 is 1.12 bits per heavy atom. The zero-order valence-electron chi connectivity index (χ0n) is 13.1. The number of fused-ring (bicyclic) bond motifs is 1. The maximum atomic E-state index is 12.3. The molecular formula is C17H17F3N2O2. The minimum absolute atomic E-state index is 0.261. The van der Waals surface area contributed by atoms with E-state index in [1.165, 1.54) is 18.2 Å². The number of anilines is 2. The number of pyridine rings is 1. The molecule has 128 valence electrons. The van der Waals surface area contributed by atoms with Gasteiger partial charge in [0.25, 0.3) is 0 Å². The molecule has 0 spiro atoms. The van der Waals surface area contributed by atoms with Crippen molar-refractivity contribution < 1.29 is 22.6 Å². The van der Waals surface area contributed by atoms with Gasteiger partial charge >= 0.3 is 6.36 Å². The highest BCUT2D eigenvalue weighted by atomic mass is 19.4. The van der Waals surface area contributed by atoms with Crippen LogP contribution in [0.2, 0.25) is 0 Å². The Hall–Kier alpha value is -2.44. The standard InChI is InChI=1S/C17H17F3N2O2/c1-23-16-14-8-3-2-7-13(14)15(10-21-16)22-11-5-4-6-12(9-11)24-17(18,19)20/h4-6,9-10,22H,2-3,7-8H2,1H3. The summed E-state index contributed by atoms with van der Waals surface area (Å²) in [5.41, 5.74) is 3.47. The Kier molecular flexibility index (Phi) is 4.51. The molecular weight excluding hydrogens is 321 g/mol. The second-order valence-corrected chi connectivity index (χ2v) is 5.55. The smallest absolute Gasteiger partial charge is 0.481 e. The average Bonchev–Trinajstić information content (AvgIpc) is 2.54. The van der Waals surface area contributed by atoms with Crippen LogP contribution >= 0.6 is 0 Å². The van der Waals surface area contributed by atoms with Crippen molar-refractivity contribution in [1.29, 1.82) is 0 Å². The van der Waals surface area contributed by atoms with Crippen LogP contribution in [0.3, 0.4) is 0 Å². The van der Waals surface area contributed by atoms with Crippen LogP contribution in [0.5, 0.6) is 11.6 Å². The molecule has 1 heterocycles. The molecule has 0 fully saturated rings. The number of hydrogen-bond acceptors (Lipinski definition) is 4. The Labute approximate surface area is 137 Å². The molecule has 0 saturated carbocycles. The van der Waals surface area contributed by atoms with Crippen molar-refractivity contribution in [2.75, 3.05) is 12.4 Å². The molecule has 0 aliphatic heterocycles. The Morgan fingerprint density at radius 3 is 2.58 bits per heavy atom. The van der Waals surface area contributed by atoms with Crippen molar-refractivity contribution in [3.05, 3.63) is 41.6 Å². The zero-order valence-corrected chi connectivity index (χ0v) is 13.1. The maximum Gasteiger partial charge on any atom is 0.573 e. The van der Waals surface area contributed by atoms with Crippen LogP contribution in [0, 0.1) is 0 Å². The molecule has 1 aliphatic carbocycles. The van der Waals surface area contributed by atoms with Crippen molar-refractivity contribution >= 4 is 11.4 Å². The van der Waals surface area contributed by atoms with Gasteiger partial charge in [-0.1, -0.05) is 6.07 Å². The number of aromatic nitrogens is 1. The van der Waals surface area contributed by atoms with Crippen LogP contribution < -0.4 is 14.8 Å². The number of hydrogen-bond donors (Lipinski definition) is 1. The molecule has 1 N–H and O–H groups in total. The number of nitrogens with one attached hydrogen (secondary N) is 1. The van der Waals surface area contributed by atoms with Gasteiger partial charge in [0.05, 0.1) is 19.0 Å². The van der Waals surface area contributed by atoms with E-state index in [0.29, 0.717) is 11.6 Å². The van der Waals surface area contributed by atoms with Gasteiger partial charge in [0.15, 0.2) is 0 Å². The highest BCUT2D eigenvalue weighted by Crippen LogP contribution is 2.35. The molecule has 0 radical (unpaired) electrons. The molecule has 0 bridgehead atoms. The van der Waals surface area contributed by atoms with Crippen molar-refractivity contribution in [2.24, 2.45) is 0 Å². The van der Waals surface area contributed by atoms with Crippen LogP contribution in [0.15, 0.2) is 30.5 Å². The predicted octanol–water partition coefficient (Wildman–Crippen LogP) is 4.61. The Morgan fingerprint density at radius 2 is 1.88 bits per heavy atom. The molecule has 2 aromatic rings. The molecule has 0 amide bonds. The van der Waals surface area contributed by atoms with E-state index in [1.807, 2.05) is 0 Å². The van der Waals surface area contributed by atoms with Crippen LogP contribution in [0.25, 0.3) is 0 Å². The van der Waals surface area contributed by atoms with Crippen molar-refractivity contribution in [3.63, 3.8) is 0 Å². The normalized spacial score (nSPS) is 14.0. The van der Waals surface area contributed by atoms with Gasteiger partial charge in [-0.3, -0.25) is 0 Å². The Balaban J connectivity index is 1.88. The molecule has 24 heavy (non-hydrogen) atoms. The van der Waals surface area contributed by atoms with E-state index in [-0.39, 0.29) is 5.75 Å². The molecule has 7 heteroatoms. The van der Waals surface area contributed by atoms with Crippen LogP contribution in [0.1, 0.15) is 24.0 Å². The van der Waals surface area contributed by atoms with Gasteiger partial charge in [0.1, 0.15) is 5.75 Å². The summed E-state index contributed by atoms with van der Waals surface area (Å²) < 4.78 is 46.3. The van der Waals surface area contributed by atoms with Crippen LogP contribution in [-0.4, -0.2) is 18.5 Å². The van der Waals surface area contributed by atoms with Crippen molar-refractivity contribution in [1.82, 2.24) is 4.98 Å². The molecule has 0 atom stereocenters. The maximum absolute atomic E-state index is 12.3. The summed E-state index contributed by atoms with van der Waals surface area (Å²) in [6, 6.07) is 5.77. The summed E-state index contributed by atoms with van der Waals surface area (Å²) in [7, 11) is 1.59. The van der Waals surface area contributed by atoms with Gasteiger partial charge in [-0.15, -0.1) is 13.2 Å². The molecule has 4 nitrogen and oxygen atoms in total. The summed E-state index contributed by atoms with van der Waals surface area (Å²) in [6.45, 7) is 0. The van der Waals surface area contributed by atoms with Gasteiger partial charge < -0.3 is 14.8 Å². The van der Waals surface area contributed by atoms with E-state index in [9.17, 15) is 13.2 Å². The van der Waals surface area contributed by atoms with E-state index in [0.717, 1.165) is 42.5 Å². The van der Waals surface area contributed by atoms with Crippen molar-refractivity contribution in [3.8, 4) is 11.6 Å². The van der Waals surface area contributed by atoms with Gasteiger partial charge in [-0.05, 0) is 43.4 Å². The van der Waals surface area contributed by atoms with Gasteiger partial charge in [-0.2, -0.15) is 0 Å². The first-order valence-corrected chi connectivity index (χ1v) is 7.64. The average molecular weight is 338 g/mol. The summed E-state index contributed by atoms with van der Waals surface area (Å²) in [5.74, 6) is 0.354. The summed E-state index contributed by atoms with van der Waals surface area (Å²) in [6.07, 6.45) is 0.850. The lowest BCUT2D eigenvalue weighted by Gasteiger charge is -2.22. The van der Waals surface area contributed by atoms with E-state index in [4.69, 9.17) is 4.74 Å². The third kappa shape index (κ3) is 3.72. The van der Waals surface area contributed by atoms with E-state index in [2.05, 4.69) is 15.0 Å². The summed E-state index contributed by atoms with van der Waals surface area (Å²) >= 11 is 0. The number of halogens is 3. The molecule has 1 aliphatic rings. The SMILES string of the molecule is COc1ncc(Nc2cccc(OC(F)(F)F)c2)c2c1CCCC2. The van der Waals surface area contributed by atoms with E-state index < -0.39 is 6.36 Å². The second-order valence-electron chi connectivity index (χ2n) is 5.55. The number of methoxy groups -OCH3 is 1. The van der Waals surface area contributed by atoms with Gasteiger partial charge in [0.2, 0.25) is 5.88 Å². The predicted molar refractivity (Wildman–Crippen MR) is 83.8 cm³/mol. The third-order valence-corrected chi connectivity index (χ3v) is 3.90. The molecule has 3 rings (SSSR count). The molecule has 1 aromatic heterocycles. The Bertz CT molecular complexity index is 732. The number of alkyl halides is 3. The van der Waals surface area contributed by atoms with Crippen LogP contribution in [-0.2, 0) is 12.8 Å². The number of rotatable bonds is 4. The first-order valence-electron chi connectivity index (χ1n) is 7.64. The highest BCUT2D eigenvalue weighted by Gasteiger charge is 2.31. The molecule has 0 saturated heterocycles. The number of nitrogens with zero attached hydrogens (tertiary/aromatic N) is 1. The monoisotopic (exact) mass is 338 g/mol. The number of ether oxygens (including phenoxy) is 2. The van der Waals surface area contributed by atoms with Gasteiger partial charge in [-0.25, -0.2) is 4.98 Å². The number of benzene rings is 1. The first kappa shape index (κ1) is 16.4. The third-order valence-electron chi connectivity index (χ3n) is 3.90. The summed E-state index contributed by atoms with van der Waals surface area (Å²) in [4.78, 5) is 4.29. The molecule has 1 aromatic carbocycles. The lowest BCUT2D eigenvalue weighted by atomic mass is 9.91. The second kappa shape index (κ2) is 6.59. The fourth-order valence-corrected chi connectivity index (χ4v) is 2.93. The minimum Gasteiger partial charge on any atom is -0.481 e. The van der Waals surface area contributed by atoms with E-state index in [1.54, 1.807) is 19.4 Å². The molecule has 0 unspecified atom stereocenters. The first-order chi connectivity index (χ1) is 11.5. The fourth-order valence-electron chi connectivity index (χ4n) is 2.93. The highest BCUT2D eigenvalue weighted by molar-refractivity contribution is 5.66. The van der Waals surface area contributed by atoms with Gasteiger partial charge in [0, 0.05) is 17.3 Å². The van der Waals surface area contributed by atoms with Crippen LogP contribution in [0.4, 0.5) is 24.5 Å². The fraction of sp³-hybridized carbons (Fsp3) is 0.353. The summed E-state index contributed by atoms with van der Waals surface area (Å²) in [5, 5.41) is 3.14. The van der Waals surface area contributed by atoms with E-state index >= 15 is 0 Å². The minimum atomic E-state index is -4.71. The quantitative estimate of drug-likeness (QED) is 0.884. The lowest BCUT2D eigenvalue weighted by molar-refractivity contribution is -0.274. The lowest BCUT2D eigenvalue weighted by Crippen LogP contribution is -2.17. The largest absolute Gasteiger partial charge is 0.573 e. The topological polar surface area (TPSA) is 43.4 Å². The van der Waals surface area contributed by atoms with Crippen molar-refractivity contribution in [2.45, 2.75) is 32.0 Å². The zero-order chi connectivity index (χ0) is 17.2.